The van der Waals surface area contributed by atoms with Crippen LogP contribution in [0.15, 0.2) is 59.4 Å². The van der Waals surface area contributed by atoms with Crippen molar-refractivity contribution in [3.8, 4) is 6.07 Å². The van der Waals surface area contributed by atoms with Gasteiger partial charge in [0.2, 0.25) is 6.04 Å². The van der Waals surface area contributed by atoms with Crippen molar-refractivity contribution in [2.45, 2.75) is 31.5 Å². The molecule has 1 aliphatic rings. The zero-order chi connectivity index (χ0) is 19.8. The van der Waals surface area contributed by atoms with Crippen LogP contribution in [0, 0.1) is 28.4 Å². The molecule has 0 fully saturated rings. The summed E-state index contributed by atoms with van der Waals surface area (Å²) in [6.07, 6.45) is 3.59. The number of nitrogens with one attached hydrogen (secondary N) is 1. The van der Waals surface area contributed by atoms with E-state index in [1.807, 2.05) is 25.3 Å². The Morgan fingerprint density at radius 3 is 2.70 bits per heavy atom. The van der Waals surface area contributed by atoms with Gasteiger partial charge >= 0.3 is 0 Å². The minimum atomic E-state index is -1.52. The van der Waals surface area contributed by atoms with E-state index in [0.29, 0.717) is 5.56 Å². The second-order valence-corrected chi connectivity index (χ2v) is 7.10. The van der Waals surface area contributed by atoms with Gasteiger partial charge < -0.3 is 23.1 Å². The summed E-state index contributed by atoms with van der Waals surface area (Å²) in [5, 5.41) is 35.3. The molecule has 7 nitrogen and oxygen atoms in total. The predicted octanol–water partition coefficient (Wildman–Crippen LogP) is 2.11. The molecule has 3 atom stereocenters. The summed E-state index contributed by atoms with van der Waals surface area (Å²) in [6.45, 7) is 3.45. The summed E-state index contributed by atoms with van der Waals surface area (Å²) in [4.78, 5) is 11.1. The van der Waals surface area contributed by atoms with Gasteiger partial charge in [-0.1, -0.05) is 23.2 Å². The summed E-state index contributed by atoms with van der Waals surface area (Å²) < 4.78 is 1.77. The highest BCUT2D eigenvalue weighted by Crippen LogP contribution is 2.44. The molecule has 27 heavy (non-hydrogen) atoms. The Bertz CT molecular complexity index is 981. The lowest BCUT2D eigenvalue weighted by atomic mass is 9.77. The van der Waals surface area contributed by atoms with Crippen molar-refractivity contribution < 1.29 is 14.6 Å². The van der Waals surface area contributed by atoms with Crippen LogP contribution in [0.25, 0.3) is 0 Å². The number of aromatic nitrogens is 1. The van der Waals surface area contributed by atoms with Gasteiger partial charge in [0.1, 0.15) is 0 Å². The van der Waals surface area contributed by atoms with Gasteiger partial charge in [0.15, 0.2) is 18.1 Å². The molecule has 1 aromatic carbocycles. The largest absolute Gasteiger partial charge is 0.762 e. The van der Waals surface area contributed by atoms with E-state index in [2.05, 4.69) is 11.4 Å². The Labute approximate surface area is 162 Å². The molecule has 2 aromatic rings. The monoisotopic (exact) mass is 382 g/mol. The van der Waals surface area contributed by atoms with Crippen molar-refractivity contribution >= 4 is 18.3 Å². The van der Waals surface area contributed by atoms with E-state index in [9.17, 15) is 20.5 Å². The molecule has 0 saturated carbocycles. The number of hydrogen-bond donors (Lipinski definition) is 2. The number of aryl methyl sites for hydroxylation is 1. The number of nitrogens with zero attached hydrogens (tertiary/aromatic N) is 3. The Kier molecular flexibility index (Phi) is 4.83. The van der Waals surface area contributed by atoms with Crippen LogP contribution in [-0.4, -0.2) is 15.8 Å². The minimum Gasteiger partial charge on any atom is -0.762 e. The van der Waals surface area contributed by atoms with E-state index < -0.39 is 22.6 Å². The van der Waals surface area contributed by atoms with E-state index in [-0.39, 0.29) is 16.3 Å². The second-order valence-electron chi connectivity index (χ2n) is 6.69. The van der Waals surface area contributed by atoms with Crippen molar-refractivity contribution in [1.82, 2.24) is 5.32 Å². The number of aliphatic hydroxyl groups is 1. The summed E-state index contributed by atoms with van der Waals surface area (Å²) in [6, 6.07) is 11.3. The number of nitro benzene ring substituents is 1. The van der Waals surface area contributed by atoms with Crippen LogP contribution in [0.1, 0.15) is 30.0 Å². The number of para-hydroxylation sites is 1. The Hall–Kier alpha value is -3.02. The standard InChI is InChI=1S/C19H18N4O3S/c1-12-6-5-9-22(11-12)17-16(13-7-3-4-8-15(13)23(25)26)14(10-20)18(27)21-19(17,2)24/h3-9,11,16-17,21,24H,1-2H3/t16-,17+,19+/m0/s1. The molecule has 1 aromatic heterocycles. The lowest BCUT2D eigenvalue weighted by molar-refractivity contribution is -0.741. The quantitative estimate of drug-likeness (QED) is 0.365. The Balaban J connectivity index is 2.32. The molecular weight excluding hydrogens is 364 g/mol. The first-order valence-electron chi connectivity index (χ1n) is 8.29. The third-order valence-electron chi connectivity index (χ3n) is 4.69. The van der Waals surface area contributed by atoms with Gasteiger partial charge in [0, 0.05) is 28.8 Å². The lowest BCUT2D eigenvalue weighted by Crippen LogP contribution is -2.63. The molecule has 0 unspecified atom stereocenters. The fourth-order valence-corrected chi connectivity index (χ4v) is 3.99. The average Bonchev–Trinajstić information content (AvgIpc) is 2.60. The highest BCUT2D eigenvalue weighted by Gasteiger charge is 2.51. The van der Waals surface area contributed by atoms with E-state index in [1.54, 1.807) is 35.9 Å². The van der Waals surface area contributed by atoms with Crippen LogP contribution in [0.5, 0.6) is 0 Å². The van der Waals surface area contributed by atoms with Crippen molar-refractivity contribution in [3.63, 3.8) is 0 Å². The van der Waals surface area contributed by atoms with Crippen molar-refractivity contribution in [2.24, 2.45) is 0 Å². The third-order valence-corrected chi connectivity index (χ3v) is 5.02. The Morgan fingerprint density at radius 2 is 2.07 bits per heavy atom. The molecule has 8 heteroatoms. The number of pyridine rings is 1. The smallest absolute Gasteiger partial charge is 0.273 e. The number of hydrogen-bond acceptors (Lipinski definition) is 6. The first kappa shape index (κ1) is 18.8. The maximum atomic E-state index is 11.6. The molecule has 0 spiro atoms. The fourth-order valence-electron chi connectivity index (χ4n) is 3.61. The maximum absolute atomic E-state index is 11.6. The van der Waals surface area contributed by atoms with Crippen LogP contribution in [-0.2, 0) is 12.6 Å². The van der Waals surface area contributed by atoms with E-state index in [0.717, 1.165) is 5.56 Å². The zero-order valence-electron chi connectivity index (χ0n) is 14.8. The van der Waals surface area contributed by atoms with Crippen LogP contribution in [0.4, 0.5) is 5.69 Å². The van der Waals surface area contributed by atoms with Crippen molar-refractivity contribution in [3.05, 3.63) is 80.6 Å². The van der Waals surface area contributed by atoms with Crippen molar-refractivity contribution in [2.75, 3.05) is 0 Å². The minimum absolute atomic E-state index is 0.0927. The van der Waals surface area contributed by atoms with Gasteiger partial charge in [0.25, 0.3) is 5.69 Å². The first-order valence-corrected chi connectivity index (χ1v) is 8.69. The molecule has 0 amide bonds. The highest BCUT2D eigenvalue weighted by atomic mass is 32.1. The first-order chi connectivity index (χ1) is 12.8. The van der Waals surface area contributed by atoms with E-state index >= 15 is 0 Å². The summed E-state index contributed by atoms with van der Waals surface area (Å²) in [7, 11) is 0. The molecule has 138 valence electrons. The van der Waals surface area contributed by atoms with Gasteiger partial charge in [-0.3, -0.25) is 10.1 Å². The van der Waals surface area contributed by atoms with Gasteiger partial charge in [-0.2, -0.15) is 9.83 Å². The predicted molar refractivity (Wildman–Crippen MR) is 100 cm³/mol. The van der Waals surface area contributed by atoms with E-state index in [4.69, 9.17) is 12.6 Å². The van der Waals surface area contributed by atoms with Gasteiger partial charge in [-0.25, -0.2) is 0 Å². The highest BCUT2D eigenvalue weighted by molar-refractivity contribution is 7.63. The van der Waals surface area contributed by atoms with Crippen LogP contribution in [0.3, 0.4) is 0 Å². The van der Waals surface area contributed by atoms with Gasteiger partial charge in [-0.15, -0.1) is 0 Å². The molecule has 0 aliphatic carbocycles. The average molecular weight is 382 g/mol. The SMILES string of the molecule is Cc1ccc[n+]([C@@H]2[C@@H](c3ccccc3[N+](=O)[O-])C(C#N)=C([S-])N[C@]2(C)O)c1. The maximum Gasteiger partial charge on any atom is 0.273 e. The number of nitro groups is 1. The molecular formula is C19H18N4O3S. The number of rotatable bonds is 3. The van der Waals surface area contributed by atoms with Gasteiger partial charge in [-0.05, 0) is 19.9 Å². The van der Waals surface area contributed by atoms with E-state index in [1.165, 1.54) is 6.07 Å². The molecule has 0 radical (unpaired) electrons. The molecule has 0 saturated heterocycles. The molecule has 2 N–H and O–H groups in total. The van der Waals surface area contributed by atoms with Crippen LogP contribution in [0.2, 0.25) is 0 Å². The number of nitriles is 1. The second kappa shape index (κ2) is 6.95. The normalized spacial score (nSPS) is 24.8. The summed E-state index contributed by atoms with van der Waals surface area (Å²) in [5.74, 6) is -0.785. The molecule has 0 bridgehead atoms. The van der Waals surface area contributed by atoms with Crippen LogP contribution < -0.4 is 9.88 Å². The fraction of sp³-hybridized carbons (Fsp3) is 0.263. The Morgan fingerprint density at radius 1 is 1.37 bits per heavy atom. The number of benzene rings is 1. The molecule has 2 heterocycles. The lowest BCUT2D eigenvalue weighted by Gasteiger charge is -2.43. The molecule has 1 aliphatic heterocycles. The summed E-state index contributed by atoms with van der Waals surface area (Å²) >= 11 is 5.28. The van der Waals surface area contributed by atoms with Crippen LogP contribution >= 0.6 is 0 Å². The van der Waals surface area contributed by atoms with Gasteiger partial charge in [0.05, 0.1) is 16.9 Å². The topological polar surface area (TPSA) is 103 Å². The third kappa shape index (κ3) is 3.35. The van der Waals surface area contributed by atoms with Crippen molar-refractivity contribution in [1.29, 1.82) is 5.26 Å². The molecule has 3 rings (SSSR count). The number of allylic oxidation sites excluding steroid dienone is 1. The summed E-state index contributed by atoms with van der Waals surface area (Å²) in [5.41, 5.74) is -0.174. The zero-order valence-corrected chi connectivity index (χ0v) is 15.6.